The summed E-state index contributed by atoms with van der Waals surface area (Å²) in [6.45, 7) is 3.43. The Morgan fingerprint density at radius 3 is 2.97 bits per heavy atom. The van der Waals surface area contributed by atoms with Crippen molar-refractivity contribution in [3.05, 3.63) is 37.1 Å². The van der Waals surface area contributed by atoms with Gasteiger partial charge in [0.1, 0.15) is 6.67 Å². The predicted molar refractivity (Wildman–Crippen MR) is 131 cm³/mol. The maximum absolute atomic E-state index is 13.8. The van der Waals surface area contributed by atoms with E-state index in [2.05, 4.69) is 33.8 Å². The number of esters is 1. The topological polar surface area (TPSA) is 65.5 Å². The zero-order chi connectivity index (χ0) is 22.3. The first-order valence-electron chi connectivity index (χ1n) is 10.6. The van der Waals surface area contributed by atoms with Crippen LogP contribution in [-0.4, -0.2) is 41.8 Å². The summed E-state index contributed by atoms with van der Waals surface area (Å²) in [5, 5.41) is 18.1. The van der Waals surface area contributed by atoms with Gasteiger partial charge in [-0.2, -0.15) is 16.3 Å². The number of hydrogen-bond acceptors (Lipinski definition) is 7. The lowest BCUT2D eigenvalue weighted by atomic mass is 10.1. The third-order valence-electron chi connectivity index (χ3n) is 5.38. The molecule has 0 amide bonds. The Balaban J connectivity index is 1.72. The number of thiazole rings is 1. The Labute approximate surface area is 200 Å². The van der Waals surface area contributed by atoms with E-state index >= 15 is 0 Å². The van der Waals surface area contributed by atoms with E-state index in [1.165, 1.54) is 35.5 Å². The number of carbonyl (C=O) groups excluding carboxylic acids is 1. The van der Waals surface area contributed by atoms with Gasteiger partial charge < -0.3 is 9.94 Å². The smallest absolute Gasteiger partial charge is 0.343 e. The van der Waals surface area contributed by atoms with Crippen molar-refractivity contribution in [3.63, 3.8) is 0 Å². The molecule has 1 saturated heterocycles. The normalized spacial score (nSPS) is 21.3. The number of unbranched alkanes of at least 4 members (excludes halogenated alkanes) is 4. The van der Waals surface area contributed by atoms with Crippen LogP contribution in [0.5, 0.6) is 0 Å². The second-order valence-electron chi connectivity index (χ2n) is 7.75. The second-order valence-corrected chi connectivity index (χ2v) is 10.9. The van der Waals surface area contributed by atoms with E-state index < -0.39 is 16.8 Å². The maximum atomic E-state index is 13.8. The molecule has 3 heterocycles. The van der Waals surface area contributed by atoms with Crippen LogP contribution in [-0.2, 0) is 11.2 Å². The summed E-state index contributed by atoms with van der Waals surface area (Å²) in [5.74, 6) is 2.21. The number of nitrogens with zero attached hydrogens (tertiary/aromatic N) is 3. The highest BCUT2D eigenvalue weighted by atomic mass is 79.9. The van der Waals surface area contributed by atoms with Gasteiger partial charge in [-0.3, -0.25) is 4.65 Å². The maximum Gasteiger partial charge on any atom is 0.343 e. The Bertz CT molecular complexity index is 910. The molecule has 0 radical (unpaired) electrons. The van der Waals surface area contributed by atoms with E-state index in [1.807, 2.05) is 15.7 Å². The minimum Gasteiger partial charge on any atom is -0.622 e. The van der Waals surface area contributed by atoms with Crippen molar-refractivity contribution < 1.29 is 9.53 Å². The van der Waals surface area contributed by atoms with Crippen LogP contribution in [0.4, 0.5) is 5.13 Å². The van der Waals surface area contributed by atoms with E-state index in [9.17, 15) is 10.0 Å². The molecule has 1 aliphatic rings. The van der Waals surface area contributed by atoms with Gasteiger partial charge in [0.25, 0.3) is 11.4 Å². The number of terminal acetylenes is 1. The molecule has 3 rings (SSSR count). The first kappa shape index (κ1) is 24.4. The summed E-state index contributed by atoms with van der Waals surface area (Å²) in [6, 6.07) is 0. The summed E-state index contributed by atoms with van der Waals surface area (Å²) in [6.07, 6.45) is 13.0. The van der Waals surface area contributed by atoms with Crippen LogP contribution < -0.4 is 4.65 Å². The largest absolute Gasteiger partial charge is 0.622 e. The fourth-order valence-electron chi connectivity index (χ4n) is 3.72. The van der Waals surface area contributed by atoms with Crippen molar-refractivity contribution in [1.29, 1.82) is 0 Å². The van der Waals surface area contributed by atoms with Gasteiger partial charge in [0, 0.05) is 18.3 Å². The standard InChI is InChI=1S/C22H28BrN3O3S2/c1-3-5-7-8-10-17-14-30-15-18(17)21(27)29-20-13-25(11-9-6-4-2)16-26(20,28)22-24-12-19(23)31-22/h2,12,14-15,20H,3,5-11,13,16H2,1H3. The molecule has 0 bridgehead atoms. The van der Waals surface area contributed by atoms with Crippen LogP contribution in [0.1, 0.15) is 61.4 Å². The number of hydrogen-bond donors (Lipinski definition) is 0. The van der Waals surface area contributed by atoms with E-state index in [4.69, 9.17) is 11.2 Å². The summed E-state index contributed by atoms with van der Waals surface area (Å²) >= 11 is 6.16. The fraction of sp³-hybridized carbons (Fsp3) is 0.545. The van der Waals surface area contributed by atoms with E-state index in [0.29, 0.717) is 30.2 Å². The molecule has 31 heavy (non-hydrogen) atoms. The molecule has 9 heteroatoms. The van der Waals surface area contributed by atoms with Gasteiger partial charge in [-0.1, -0.05) is 26.2 Å². The number of quaternary nitrogens is 1. The van der Waals surface area contributed by atoms with Crippen molar-refractivity contribution in [2.75, 3.05) is 19.8 Å². The third-order valence-corrected chi connectivity index (χ3v) is 7.76. The summed E-state index contributed by atoms with van der Waals surface area (Å²) < 4.78 is 5.83. The molecule has 0 N–H and O–H groups in total. The molecule has 0 aromatic carbocycles. The Morgan fingerprint density at radius 2 is 2.26 bits per heavy atom. The van der Waals surface area contributed by atoms with Crippen LogP contribution in [0.25, 0.3) is 0 Å². The number of ether oxygens (including phenoxy) is 1. The van der Waals surface area contributed by atoms with E-state index in [1.54, 1.807) is 6.20 Å². The predicted octanol–water partition coefficient (Wildman–Crippen LogP) is 5.76. The van der Waals surface area contributed by atoms with Gasteiger partial charge >= 0.3 is 5.97 Å². The molecule has 6 nitrogen and oxygen atoms in total. The average molecular weight is 527 g/mol. The molecular weight excluding hydrogens is 498 g/mol. The second kappa shape index (κ2) is 11.5. The zero-order valence-corrected chi connectivity index (χ0v) is 20.9. The summed E-state index contributed by atoms with van der Waals surface area (Å²) in [5.41, 5.74) is 1.59. The lowest BCUT2D eigenvalue weighted by molar-refractivity contribution is 0.00556. The van der Waals surface area contributed by atoms with Gasteiger partial charge in [-0.25, -0.2) is 9.69 Å². The minimum absolute atomic E-state index is 0.190. The van der Waals surface area contributed by atoms with Gasteiger partial charge in [0.05, 0.1) is 22.1 Å². The molecule has 1 aliphatic heterocycles. The number of thiophene rings is 1. The Hall–Kier alpha value is -1.28. The van der Waals surface area contributed by atoms with Gasteiger partial charge in [-0.05, 0) is 57.5 Å². The highest BCUT2D eigenvalue weighted by Gasteiger charge is 2.46. The number of aryl methyl sites for hydroxylation is 1. The number of carbonyl (C=O) groups is 1. The quantitative estimate of drug-likeness (QED) is 0.122. The number of hydroxylamine groups is 2. The fourth-order valence-corrected chi connectivity index (χ4v) is 5.83. The zero-order valence-electron chi connectivity index (χ0n) is 17.7. The lowest BCUT2D eigenvalue weighted by Gasteiger charge is -2.38. The first-order valence-corrected chi connectivity index (χ1v) is 13.2. The Morgan fingerprint density at radius 1 is 1.42 bits per heavy atom. The molecule has 2 aromatic heterocycles. The molecule has 0 spiro atoms. The summed E-state index contributed by atoms with van der Waals surface area (Å²) in [7, 11) is 0. The van der Waals surface area contributed by atoms with Crippen molar-refractivity contribution in [2.45, 2.75) is 58.1 Å². The highest BCUT2D eigenvalue weighted by molar-refractivity contribution is 9.11. The van der Waals surface area contributed by atoms with E-state index in [0.717, 1.165) is 35.0 Å². The molecular formula is C22H28BrN3O3S2. The number of rotatable bonds is 11. The van der Waals surface area contributed by atoms with Gasteiger partial charge in [-0.15, -0.1) is 12.3 Å². The van der Waals surface area contributed by atoms with Crippen molar-refractivity contribution in [3.8, 4) is 12.3 Å². The van der Waals surface area contributed by atoms with Crippen molar-refractivity contribution >= 4 is 49.7 Å². The SMILES string of the molecule is C#CCCCN1CC(OC(=O)c2cscc2CCCCCC)[N+]([O-])(c2ncc(Br)s2)C1. The van der Waals surface area contributed by atoms with Gasteiger partial charge in [0.15, 0.2) is 0 Å². The first-order chi connectivity index (χ1) is 15.0. The minimum atomic E-state index is -0.857. The van der Waals surface area contributed by atoms with Crippen LogP contribution in [0.3, 0.4) is 0 Å². The van der Waals surface area contributed by atoms with Gasteiger partial charge in [0.2, 0.25) is 0 Å². The third kappa shape index (κ3) is 6.15. The van der Waals surface area contributed by atoms with Crippen LogP contribution >= 0.6 is 38.6 Å². The molecule has 2 aromatic rings. The molecule has 1 fully saturated rings. The number of halogens is 1. The van der Waals surface area contributed by atoms with Crippen LogP contribution in [0.2, 0.25) is 0 Å². The van der Waals surface area contributed by atoms with Crippen molar-refractivity contribution in [1.82, 2.24) is 14.5 Å². The molecule has 0 saturated carbocycles. The van der Waals surface area contributed by atoms with Crippen LogP contribution in [0, 0.1) is 17.6 Å². The molecule has 2 unspecified atom stereocenters. The molecule has 2 atom stereocenters. The molecule has 168 valence electrons. The monoisotopic (exact) mass is 525 g/mol. The lowest BCUT2D eigenvalue weighted by Crippen LogP contribution is -2.50. The number of aromatic nitrogens is 1. The van der Waals surface area contributed by atoms with Crippen molar-refractivity contribution in [2.24, 2.45) is 0 Å². The summed E-state index contributed by atoms with van der Waals surface area (Å²) in [4.78, 5) is 19.3. The Kier molecular flexibility index (Phi) is 9.07. The molecule has 0 aliphatic carbocycles. The highest BCUT2D eigenvalue weighted by Crippen LogP contribution is 2.37. The van der Waals surface area contributed by atoms with E-state index in [-0.39, 0.29) is 6.67 Å². The van der Waals surface area contributed by atoms with Crippen LogP contribution in [0.15, 0.2) is 20.7 Å². The average Bonchev–Trinajstić information content (AvgIpc) is 3.46.